The molecule has 0 rings (SSSR count). The van der Waals surface area contributed by atoms with E-state index in [9.17, 15) is 4.79 Å². The van der Waals surface area contributed by atoms with E-state index < -0.39 is 5.97 Å². The largest absolute Gasteiger partial charge is 0.478 e. The van der Waals surface area contributed by atoms with Gasteiger partial charge in [0, 0.05) is 5.57 Å². The van der Waals surface area contributed by atoms with Gasteiger partial charge in [-0.2, -0.15) is 0 Å². The van der Waals surface area contributed by atoms with Crippen LogP contribution >= 0.6 is 0 Å². The highest BCUT2D eigenvalue weighted by Gasteiger charge is 1.94. The van der Waals surface area contributed by atoms with Gasteiger partial charge in [-0.25, -0.2) is 4.79 Å². The lowest BCUT2D eigenvalue weighted by molar-refractivity contribution is -0.132. The second-order valence-electron chi connectivity index (χ2n) is 1.78. The molecule has 0 fully saturated rings. The van der Waals surface area contributed by atoms with Crippen LogP contribution in [-0.2, 0) is 4.79 Å². The molecule has 0 spiro atoms. The quantitative estimate of drug-likeness (QED) is 0.519. The fourth-order valence-electron chi connectivity index (χ4n) is 0.350. The summed E-state index contributed by atoms with van der Waals surface area (Å²) in [5.41, 5.74) is 0.318. The fourth-order valence-corrected chi connectivity index (χ4v) is 0.350. The Labute approximate surface area is 73.9 Å². The van der Waals surface area contributed by atoms with Crippen LogP contribution in [0.15, 0.2) is 36.5 Å². The minimum absolute atomic E-state index is 0.318. The first kappa shape index (κ1) is 13.3. The first-order valence-electron chi connectivity index (χ1n) is 3.87. The fraction of sp³-hybridized carbons (Fsp3) is 0.300. The lowest BCUT2D eigenvalue weighted by atomic mass is 10.3. The van der Waals surface area contributed by atoms with Crippen molar-refractivity contribution in [1.82, 2.24) is 0 Å². The van der Waals surface area contributed by atoms with Gasteiger partial charge in [0.15, 0.2) is 0 Å². The van der Waals surface area contributed by atoms with Crippen molar-refractivity contribution in [3.63, 3.8) is 0 Å². The van der Waals surface area contributed by atoms with Gasteiger partial charge in [0.1, 0.15) is 0 Å². The van der Waals surface area contributed by atoms with Crippen LogP contribution in [-0.4, -0.2) is 11.1 Å². The number of hydrogen-bond donors (Lipinski definition) is 1. The number of hydrogen-bond acceptors (Lipinski definition) is 1. The Balaban J connectivity index is 0. The highest BCUT2D eigenvalue weighted by molar-refractivity contribution is 5.86. The summed E-state index contributed by atoms with van der Waals surface area (Å²) in [6.45, 7) is 8.98. The van der Waals surface area contributed by atoms with Gasteiger partial charge in [-0.05, 0) is 6.92 Å². The lowest BCUT2D eigenvalue weighted by Gasteiger charge is -1.85. The predicted octanol–water partition coefficient (Wildman–Crippen LogP) is 2.79. The molecule has 0 atom stereocenters. The first-order valence-corrected chi connectivity index (χ1v) is 3.87. The average Bonchev–Trinajstić information content (AvgIpc) is 2.08. The van der Waals surface area contributed by atoms with Gasteiger partial charge >= 0.3 is 5.97 Å². The summed E-state index contributed by atoms with van der Waals surface area (Å²) in [4.78, 5) is 10.2. The number of carboxylic acid groups (broad SMARTS) is 1. The SMILES string of the molecule is C=C/C=C\C=C(/C)C(=O)O.CC. The standard InChI is InChI=1S/C8H10O2.C2H6/c1-3-4-5-6-7(2)8(9)10;1-2/h3-6H,1H2,2H3,(H,9,10);1-2H3/b5-4-,7-6+;. The minimum atomic E-state index is -0.895. The topological polar surface area (TPSA) is 37.3 Å². The summed E-state index contributed by atoms with van der Waals surface area (Å²) in [5.74, 6) is -0.895. The molecule has 2 nitrogen and oxygen atoms in total. The van der Waals surface area contributed by atoms with Crippen LogP contribution < -0.4 is 0 Å². The molecule has 0 saturated carbocycles. The monoisotopic (exact) mass is 168 g/mol. The average molecular weight is 168 g/mol. The maximum atomic E-state index is 10.2. The Morgan fingerprint density at radius 3 is 2.17 bits per heavy atom. The van der Waals surface area contributed by atoms with Crippen molar-refractivity contribution in [1.29, 1.82) is 0 Å². The Bertz CT molecular complexity index is 188. The summed E-state index contributed by atoms with van der Waals surface area (Å²) in [7, 11) is 0. The summed E-state index contributed by atoms with van der Waals surface area (Å²) in [6.07, 6.45) is 6.42. The van der Waals surface area contributed by atoms with Gasteiger partial charge in [-0.15, -0.1) is 0 Å². The van der Waals surface area contributed by atoms with E-state index in [-0.39, 0.29) is 0 Å². The first-order chi connectivity index (χ1) is 5.68. The van der Waals surface area contributed by atoms with Gasteiger partial charge < -0.3 is 5.11 Å². The zero-order valence-corrected chi connectivity index (χ0v) is 7.87. The van der Waals surface area contributed by atoms with Crippen LogP contribution in [0.25, 0.3) is 0 Å². The van der Waals surface area contributed by atoms with Crippen LogP contribution in [0.2, 0.25) is 0 Å². The molecule has 12 heavy (non-hydrogen) atoms. The third-order valence-corrected chi connectivity index (χ3v) is 0.931. The number of carbonyl (C=O) groups is 1. The second kappa shape index (κ2) is 9.69. The van der Waals surface area contributed by atoms with Crippen LogP contribution in [0.5, 0.6) is 0 Å². The second-order valence-corrected chi connectivity index (χ2v) is 1.78. The van der Waals surface area contributed by atoms with Crippen molar-refractivity contribution in [2.75, 3.05) is 0 Å². The van der Waals surface area contributed by atoms with Gasteiger partial charge in [0.05, 0.1) is 0 Å². The van der Waals surface area contributed by atoms with Crippen molar-refractivity contribution in [2.45, 2.75) is 20.8 Å². The molecule has 0 aromatic carbocycles. The molecule has 0 unspecified atom stereocenters. The number of rotatable bonds is 3. The smallest absolute Gasteiger partial charge is 0.331 e. The van der Waals surface area contributed by atoms with Gasteiger partial charge in [-0.1, -0.05) is 44.7 Å². The van der Waals surface area contributed by atoms with E-state index >= 15 is 0 Å². The maximum Gasteiger partial charge on any atom is 0.331 e. The molecule has 0 aliphatic carbocycles. The molecule has 0 amide bonds. The molecular formula is C10H16O2. The number of carboxylic acids is 1. The molecule has 2 heteroatoms. The summed E-state index contributed by atoms with van der Waals surface area (Å²) in [5, 5.41) is 8.35. The zero-order valence-electron chi connectivity index (χ0n) is 7.87. The lowest BCUT2D eigenvalue weighted by Crippen LogP contribution is -1.94. The Hall–Kier alpha value is -1.31. The highest BCUT2D eigenvalue weighted by atomic mass is 16.4. The van der Waals surface area contributed by atoms with Crippen molar-refractivity contribution < 1.29 is 9.90 Å². The Morgan fingerprint density at radius 2 is 1.83 bits per heavy atom. The molecule has 0 bridgehead atoms. The third kappa shape index (κ3) is 8.69. The number of aliphatic carboxylic acids is 1. The molecule has 0 aromatic heterocycles. The zero-order chi connectivity index (χ0) is 9.98. The molecular weight excluding hydrogens is 152 g/mol. The summed E-state index contributed by atoms with van der Waals surface area (Å²) in [6, 6.07) is 0. The Morgan fingerprint density at radius 1 is 1.33 bits per heavy atom. The molecule has 0 aliphatic heterocycles. The molecule has 0 saturated heterocycles. The van der Waals surface area contributed by atoms with E-state index in [2.05, 4.69) is 6.58 Å². The van der Waals surface area contributed by atoms with E-state index in [1.165, 1.54) is 13.0 Å². The van der Waals surface area contributed by atoms with E-state index in [1.807, 2.05) is 13.8 Å². The van der Waals surface area contributed by atoms with Gasteiger partial charge in [0.25, 0.3) is 0 Å². The maximum absolute atomic E-state index is 10.2. The molecule has 0 heterocycles. The molecule has 0 aromatic rings. The molecule has 0 aliphatic rings. The van der Waals surface area contributed by atoms with Crippen molar-refractivity contribution in [3.8, 4) is 0 Å². The minimum Gasteiger partial charge on any atom is -0.478 e. The van der Waals surface area contributed by atoms with Crippen LogP contribution in [0, 0.1) is 0 Å². The van der Waals surface area contributed by atoms with Crippen LogP contribution in [0.3, 0.4) is 0 Å². The van der Waals surface area contributed by atoms with Crippen LogP contribution in [0.4, 0.5) is 0 Å². The molecule has 0 radical (unpaired) electrons. The van der Waals surface area contributed by atoms with E-state index in [4.69, 9.17) is 5.11 Å². The van der Waals surface area contributed by atoms with Gasteiger partial charge in [-0.3, -0.25) is 0 Å². The summed E-state index contributed by atoms with van der Waals surface area (Å²) < 4.78 is 0. The Kier molecular flexibility index (Phi) is 10.7. The van der Waals surface area contributed by atoms with Crippen molar-refractivity contribution >= 4 is 5.97 Å². The predicted molar refractivity (Wildman–Crippen MR) is 52.1 cm³/mol. The molecule has 1 N–H and O–H groups in total. The summed E-state index contributed by atoms with van der Waals surface area (Å²) >= 11 is 0. The number of allylic oxidation sites excluding steroid dienone is 4. The van der Waals surface area contributed by atoms with E-state index in [1.54, 1.807) is 18.2 Å². The van der Waals surface area contributed by atoms with Gasteiger partial charge in [0.2, 0.25) is 0 Å². The highest BCUT2D eigenvalue weighted by Crippen LogP contribution is 1.91. The van der Waals surface area contributed by atoms with E-state index in [0.717, 1.165) is 0 Å². The van der Waals surface area contributed by atoms with Crippen molar-refractivity contribution in [2.24, 2.45) is 0 Å². The van der Waals surface area contributed by atoms with E-state index in [0.29, 0.717) is 5.57 Å². The normalized spacial score (nSPS) is 10.4. The van der Waals surface area contributed by atoms with Crippen molar-refractivity contribution in [3.05, 3.63) is 36.5 Å². The third-order valence-electron chi connectivity index (χ3n) is 0.931. The molecule has 68 valence electrons. The van der Waals surface area contributed by atoms with Crippen LogP contribution in [0.1, 0.15) is 20.8 Å².